The summed E-state index contributed by atoms with van der Waals surface area (Å²) in [7, 11) is 0. The number of amides is 1. The number of carbonyl (C=O) groups excluding carboxylic acids is 1. The SMILES string of the molecule is CCCOc1cccc(-c2ccc3c(c2)CC(C)(C)C3OC(N)=O)c1. The summed E-state index contributed by atoms with van der Waals surface area (Å²) in [5.74, 6) is 0.884. The third kappa shape index (κ3) is 3.63. The average Bonchev–Trinajstić information content (AvgIpc) is 2.82. The second-order valence-corrected chi connectivity index (χ2v) is 7.27. The van der Waals surface area contributed by atoms with E-state index in [2.05, 4.69) is 45.0 Å². The van der Waals surface area contributed by atoms with E-state index >= 15 is 0 Å². The molecule has 1 amide bonds. The lowest BCUT2D eigenvalue weighted by atomic mass is 9.87. The summed E-state index contributed by atoms with van der Waals surface area (Å²) in [4.78, 5) is 11.3. The Hall–Kier alpha value is -2.49. The fourth-order valence-corrected chi connectivity index (χ4v) is 3.52. The second-order valence-electron chi connectivity index (χ2n) is 7.27. The molecule has 2 aromatic rings. The third-order valence-corrected chi connectivity index (χ3v) is 4.66. The van der Waals surface area contributed by atoms with Crippen LogP contribution < -0.4 is 10.5 Å². The fourth-order valence-electron chi connectivity index (χ4n) is 3.52. The van der Waals surface area contributed by atoms with Gasteiger partial charge in [0.05, 0.1) is 6.61 Å². The lowest BCUT2D eigenvalue weighted by Gasteiger charge is -2.26. The van der Waals surface area contributed by atoms with Crippen LogP contribution in [0, 0.1) is 5.41 Å². The van der Waals surface area contributed by atoms with Crippen molar-refractivity contribution in [2.24, 2.45) is 11.1 Å². The Kier molecular flexibility index (Phi) is 4.71. The lowest BCUT2D eigenvalue weighted by molar-refractivity contribution is 0.0392. The van der Waals surface area contributed by atoms with Crippen molar-refractivity contribution in [1.29, 1.82) is 0 Å². The lowest BCUT2D eigenvalue weighted by Crippen LogP contribution is -2.25. The van der Waals surface area contributed by atoms with Crippen molar-refractivity contribution in [3.8, 4) is 16.9 Å². The Morgan fingerprint density at radius 1 is 1.20 bits per heavy atom. The first kappa shape index (κ1) is 17.3. The third-order valence-electron chi connectivity index (χ3n) is 4.66. The minimum atomic E-state index is -0.726. The smallest absolute Gasteiger partial charge is 0.405 e. The molecule has 4 nitrogen and oxygen atoms in total. The molecular formula is C21H25NO3. The van der Waals surface area contributed by atoms with Crippen LogP contribution in [-0.2, 0) is 11.2 Å². The largest absolute Gasteiger partial charge is 0.494 e. The zero-order valence-corrected chi connectivity index (χ0v) is 15.0. The van der Waals surface area contributed by atoms with Gasteiger partial charge in [-0.1, -0.05) is 51.1 Å². The molecule has 1 aliphatic rings. The summed E-state index contributed by atoms with van der Waals surface area (Å²) in [5.41, 5.74) is 9.59. The predicted octanol–water partition coefficient (Wildman–Crippen LogP) is 4.86. The van der Waals surface area contributed by atoms with Gasteiger partial charge >= 0.3 is 6.09 Å². The molecule has 0 saturated heterocycles. The van der Waals surface area contributed by atoms with Gasteiger partial charge < -0.3 is 15.2 Å². The topological polar surface area (TPSA) is 61.6 Å². The summed E-state index contributed by atoms with van der Waals surface area (Å²) in [6.45, 7) is 7.00. The van der Waals surface area contributed by atoms with Crippen molar-refractivity contribution in [1.82, 2.24) is 0 Å². The van der Waals surface area contributed by atoms with Crippen molar-refractivity contribution in [3.63, 3.8) is 0 Å². The molecule has 4 heteroatoms. The van der Waals surface area contributed by atoms with Crippen LogP contribution in [0.25, 0.3) is 11.1 Å². The van der Waals surface area contributed by atoms with Gasteiger partial charge in [-0.05, 0) is 47.2 Å². The molecule has 0 fully saturated rings. The highest BCUT2D eigenvalue weighted by Crippen LogP contribution is 2.48. The molecule has 1 atom stereocenters. The Morgan fingerprint density at radius 2 is 1.96 bits per heavy atom. The highest BCUT2D eigenvalue weighted by atomic mass is 16.6. The van der Waals surface area contributed by atoms with Gasteiger partial charge in [-0.15, -0.1) is 0 Å². The van der Waals surface area contributed by atoms with E-state index in [-0.39, 0.29) is 11.5 Å². The number of ether oxygens (including phenoxy) is 2. The first-order valence-electron chi connectivity index (χ1n) is 8.73. The van der Waals surface area contributed by atoms with Crippen LogP contribution in [0.15, 0.2) is 42.5 Å². The highest BCUT2D eigenvalue weighted by molar-refractivity contribution is 5.68. The van der Waals surface area contributed by atoms with Gasteiger partial charge in [0, 0.05) is 5.41 Å². The van der Waals surface area contributed by atoms with E-state index in [1.54, 1.807) is 0 Å². The van der Waals surface area contributed by atoms with Crippen LogP contribution in [0.5, 0.6) is 5.75 Å². The number of carbonyl (C=O) groups is 1. The molecule has 0 saturated carbocycles. The van der Waals surface area contributed by atoms with Crippen molar-refractivity contribution >= 4 is 6.09 Å². The molecule has 0 spiro atoms. The number of hydrogen-bond acceptors (Lipinski definition) is 3. The van der Waals surface area contributed by atoms with E-state index < -0.39 is 6.09 Å². The normalized spacial score (nSPS) is 17.8. The minimum Gasteiger partial charge on any atom is -0.494 e. The molecule has 0 heterocycles. The summed E-state index contributed by atoms with van der Waals surface area (Å²) >= 11 is 0. The molecule has 2 aromatic carbocycles. The van der Waals surface area contributed by atoms with Crippen LogP contribution in [-0.4, -0.2) is 12.7 Å². The number of benzene rings is 2. The minimum absolute atomic E-state index is 0.165. The van der Waals surface area contributed by atoms with Gasteiger partial charge in [-0.3, -0.25) is 0 Å². The van der Waals surface area contributed by atoms with Crippen LogP contribution in [0.4, 0.5) is 4.79 Å². The van der Waals surface area contributed by atoms with Crippen molar-refractivity contribution in [2.45, 2.75) is 39.7 Å². The maximum absolute atomic E-state index is 11.3. The van der Waals surface area contributed by atoms with Gasteiger partial charge in [-0.2, -0.15) is 0 Å². The molecule has 132 valence electrons. The number of hydrogen-bond donors (Lipinski definition) is 1. The Balaban J connectivity index is 1.91. The highest BCUT2D eigenvalue weighted by Gasteiger charge is 2.41. The molecule has 1 aliphatic carbocycles. The monoisotopic (exact) mass is 339 g/mol. The molecule has 0 aromatic heterocycles. The number of fused-ring (bicyclic) bond motifs is 1. The van der Waals surface area contributed by atoms with E-state index in [9.17, 15) is 4.79 Å². The quantitative estimate of drug-likeness (QED) is 0.846. The summed E-state index contributed by atoms with van der Waals surface area (Å²) in [5, 5.41) is 0. The maximum atomic E-state index is 11.3. The van der Waals surface area contributed by atoms with E-state index in [1.165, 1.54) is 5.56 Å². The molecule has 25 heavy (non-hydrogen) atoms. The van der Waals surface area contributed by atoms with Crippen LogP contribution in [0.3, 0.4) is 0 Å². The standard InChI is InChI=1S/C21H25NO3/c1-4-10-24-17-7-5-6-14(12-17)15-8-9-18-16(11-15)13-21(2,3)19(18)25-20(22)23/h5-9,11-12,19H,4,10,13H2,1-3H3,(H2,22,23). The zero-order chi connectivity index (χ0) is 18.0. The molecular weight excluding hydrogens is 314 g/mol. The Labute approximate surface area is 148 Å². The summed E-state index contributed by atoms with van der Waals surface area (Å²) in [6, 6.07) is 14.4. The van der Waals surface area contributed by atoms with Gasteiger partial charge in [0.1, 0.15) is 11.9 Å². The molecule has 0 aliphatic heterocycles. The number of nitrogens with two attached hydrogens (primary N) is 1. The van der Waals surface area contributed by atoms with E-state index in [0.717, 1.165) is 35.3 Å². The molecule has 3 rings (SSSR count). The van der Waals surface area contributed by atoms with E-state index in [1.807, 2.05) is 18.2 Å². The number of rotatable bonds is 5. The van der Waals surface area contributed by atoms with Crippen molar-refractivity contribution in [2.75, 3.05) is 6.61 Å². The Morgan fingerprint density at radius 3 is 2.68 bits per heavy atom. The fraction of sp³-hybridized carbons (Fsp3) is 0.381. The second kappa shape index (κ2) is 6.79. The van der Waals surface area contributed by atoms with Crippen LogP contribution in [0.2, 0.25) is 0 Å². The van der Waals surface area contributed by atoms with E-state index in [4.69, 9.17) is 15.2 Å². The Bertz CT molecular complexity index is 782. The first-order valence-corrected chi connectivity index (χ1v) is 8.73. The molecule has 1 unspecified atom stereocenters. The zero-order valence-electron chi connectivity index (χ0n) is 15.0. The predicted molar refractivity (Wildman–Crippen MR) is 98.6 cm³/mol. The summed E-state index contributed by atoms with van der Waals surface area (Å²) < 4.78 is 11.1. The van der Waals surface area contributed by atoms with Gasteiger partial charge in [0.15, 0.2) is 0 Å². The number of primary amides is 1. The van der Waals surface area contributed by atoms with Crippen molar-refractivity contribution < 1.29 is 14.3 Å². The van der Waals surface area contributed by atoms with Gasteiger partial charge in [0.2, 0.25) is 0 Å². The maximum Gasteiger partial charge on any atom is 0.405 e. The molecule has 2 N–H and O–H groups in total. The van der Waals surface area contributed by atoms with Crippen LogP contribution in [0.1, 0.15) is 44.4 Å². The molecule has 0 bridgehead atoms. The van der Waals surface area contributed by atoms with Gasteiger partial charge in [-0.25, -0.2) is 4.79 Å². The van der Waals surface area contributed by atoms with Crippen LogP contribution >= 0.6 is 0 Å². The first-order chi connectivity index (χ1) is 11.9. The molecule has 0 radical (unpaired) electrons. The average molecular weight is 339 g/mol. The van der Waals surface area contributed by atoms with Crippen molar-refractivity contribution in [3.05, 3.63) is 53.6 Å². The van der Waals surface area contributed by atoms with E-state index in [0.29, 0.717) is 6.61 Å². The summed E-state index contributed by atoms with van der Waals surface area (Å²) in [6.07, 6.45) is 0.809. The van der Waals surface area contributed by atoms with Gasteiger partial charge in [0.25, 0.3) is 0 Å².